The predicted octanol–water partition coefficient (Wildman–Crippen LogP) is 4.55. The van der Waals surface area contributed by atoms with Gasteiger partial charge in [-0.15, -0.1) is 0 Å². The van der Waals surface area contributed by atoms with Crippen molar-refractivity contribution in [3.63, 3.8) is 0 Å². The highest BCUT2D eigenvalue weighted by molar-refractivity contribution is 14.1. The van der Waals surface area contributed by atoms with Crippen LogP contribution in [0.1, 0.15) is 5.56 Å². The van der Waals surface area contributed by atoms with E-state index in [9.17, 15) is 4.79 Å². The van der Waals surface area contributed by atoms with Gasteiger partial charge in [-0.1, -0.05) is 29.3 Å². The van der Waals surface area contributed by atoms with Crippen molar-refractivity contribution >= 4 is 56.9 Å². The standard InChI is InChI=1S/C14H8Cl2INO2/c15-9-2-1-8(11(16)5-9)7-18-12-4-3-10(17)6-13(12)20-14(18)19/h1-6H,7H2. The molecule has 3 nitrogen and oxygen atoms in total. The van der Waals surface area contributed by atoms with Crippen LogP contribution >= 0.6 is 45.8 Å². The van der Waals surface area contributed by atoms with Gasteiger partial charge in [-0.25, -0.2) is 4.79 Å². The number of benzene rings is 2. The largest absolute Gasteiger partial charge is 0.420 e. The molecule has 0 amide bonds. The molecule has 0 atom stereocenters. The predicted molar refractivity (Wildman–Crippen MR) is 88.8 cm³/mol. The average Bonchev–Trinajstić information content (AvgIpc) is 2.68. The number of halogens is 3. The highest BCUT2D eigenvalue weighted by atomic mass is 127. The summed E-state index contributed by atoms with van der Waals surface area (Å²) in [7, 11) is 0. The van der Waals surface area contributed by atoms with Gasteiger partial charge in [0.25, 0.3) is 0 Å². The Hall–Kier alpha value is -0.980. The lowest BCUT2D eigenvalue weighted by Crippen LogP contribution is -2.15. The normalized spacial score (nSPS) is 11.2. The molecule has 0 spiro atoms. The van der Waals surface area contributed by atoms with Crippen LogP contribution in [-0.2, 0) is 6.54 Å². The first-order valence-electron chi connectivity index (χ1n) is 5.77. The van der Waals surface area contributed by atoms with E-state index in [1.165, 1.54) is 0 Å². The van der Waals surface area contributed by atoms with Gasteiger partial charge in [0.1, 0.15) is 0 Å². The monoisotopic (exact) mass is 419 g/mol. The van der Waals surface area contributed by atoms with E-state index in [0.29, 0.717) is 22.2 Å². The highest BCUT2D eigenvalue weighted by Crippen LogP contribution is 2.23. The summed E-state index contributed by atoms with van der Waals surface area (Å²) in [5.41, 5.74) is 2.15. The number of hydrogen-bond acceptors (Lipinski definition) is 2. The van der Waals surface area contributed by atoms with Gasteiger partial charge in [0.2, 0.25) is 0 Å². The maximum atomic E-state index is 12.0. The molecule has 102 valence electrons. The first-order chi connectivity index (χ1) is 9.54. The van der Waals surface area contributed by atoms with Crippen molar-refractivity contribution in [1.29, 1.82) is 0 Å². The fraction of sp³-hybridized carbons (Fsp3) is 0.0714. The van der Waals surface area contributed by atoms with Gasteiger partial charge in [0.05, 0.1) is 12.1 Å². The molecule has 3 rings (SSSR count). The summed E-state index contributed by atoms with van der Waals surface area (Å²) < 4.78 is 7.82. The molecule has 0 saturated carbocycles. The van der Waals surface area contributed by atoms with Crippen LogP contribution in [0.15, 0.2) is 45.6 Å². The van der Waals surface area contributed by atoms with E-state index in [2.05, 4.69) is 22.6 Å². The summed E-state index contributed by atoms with van der Waals surface area (Å²) in [6.07, 6.45) is 0. The Bertz CT molecular complexity index is 854. The van der Waals surface area contributed by atoms with E-state index in [4.69, 9.17) is 27.6 Å². The van der Waals surface area contributed by atoms with Gasteiger partial charge in [0, 0.05) is 13.6 Å². The topological polar surface area (TPSA) is 35.1 Å². The zero-order valence-corrected chi connectivity index (χ0v) is 13.7. The highest BCUT2D eigenvalue weighted by Gasteiger charge is 2.11. The van der Waals surface area contributed by atoms with E-state index < -0.39 is 5.76 Å². The van der Waals surface area contributed by atoms with E-state index in [0.717, 1.165) is 14.7 Å². The third-order valence-electron chi connectivity index (χ3n) is 2.97. The van der Waals surface area contributed by atoms with Gasteiger partial charge >= 0.3 is 5.76 Å². The molecular weight excluding hydrogens is 412 g/mol. The van der Waals surface area contributed by atoms with Crippen LogP contribution in [0.4, 0.5) is 0 Å². The fourth-order valence-electron chi connectivity index (χ4n) is 2.01. The van der Waals surface area contributed by atoms with Gasteiger partial charge in [-0.2, -0.15) is 0 Å². The number of aromatic nitrogens is 1. The smallest absolute Gasteiger partial charge is 0.408 e. The summed E-state index contributed by atoms with van der Waals surface area (Å²) in [4.78, 5) is 12.0. The van der Waals surface area contributed by atoms with Crippen LogP contribution in [0.5, 0.6) is 0 Å². The molecule has 6 heteroatoms. The van der Waals surface area contributed by atoms with E-state index in [1.54, 1.807) is 16.7 Å². The molecule has 0 radical (unpaired) electrons. The molecule has 0 fully saturated rings. The summed E-state index contributed by atoms with van der Waals surface area (Å²) in [6.45, 7) is 0.350. The van der Waals surface area contributed by atoms with E-state index in [1.807, 2.05) is 24.3 Å². The molecule has 0 unspecified atom stereocenters. The summed E-state index contributed by atoms with van der Waals surface area (Å²) in [6, 6.07) is 10.8. The Kier molecular flexibility index (Phi) is 3.79. The molecule has 0 N–H and O–H groups in total. The third-order valence-corrected chi connectivity index (χ3v) is 4.23. The molecule has 20 heavy (non-hydrogen) atoms. The SMILES string of the molecule is O=c1oc2cc(I)ccc2n1Cc1ccc(Cl)cc1Cl. The van der Waals surface area contributed by atoms with Gasteiger partial charge < -0.3 is 4.42 Å². The van der Waals surface area contributed by atoms with Crippen LogP contribution in [0.3, 0.4) is 0 Å². The number of oxazole rings is 1. The van der Waals surface area contributed by atoms with Crippen molar-refractivity contribution in [2.45, 2.75) is 6.54 Å². The van der Waals surface area contributed by atoms with E-state index in [-0.39, 0.29) is 0 Å². The van der Waals surface area contributed by atoms with Crippen molar-refractivity contribution in [2.75, 3.05) is 0 Å². The molecular formula is C14H8Cl2INO2. The van der Waals surface area contributed by atoms with Crippen LogP contribution in [0.25, 0.3) is 11.1 Å². The Labute approximate surface area is 138 Å². The molecule has 3 aromatic rings. The first-order valence-corrected chi connectivity index (χ1v) is 7.61. The lowest BCUT2D eigenvalue weighted by molar-refractivity contribution is 0.517. The van der Waals surface area contributed by atoms with Crippen molar-refractivity contribution in [3.05, 3.63) is 66.1 Å². The average molecular weight is 420 g/mol. The molecule has 2 aromatic carbocycles. The first kappa shape index (κ1) is 14.0. The Balaban J connectivity index is 2.11. The molecule has 0 saturated heterocycles. The molecule has 0 aliphatic carbocycles. The minimum absolute atomic E-state index is 0.350. The second kappa shape index (κ2) is 5.42. The van der Waals surface area contributed by atoms with Gasteiger partial charge in [-0.05, 0) is 58.5 Å². The van der Waals surface area contributed by atoms with Gasteiger partial charge in [-0.3, -0.25) is 4.57 Å². The lowest BCUT2D eigenvalue weighted by Gasteiger charge is -2.05. The van der Waals surface area contributed by atoms with Crippen molar-refractivity contribution in [2.24, 2.45) is 0 Å². The number of rotatable bonds is 2. The minimum Gasteiger partial charge on any atom is -0.408 e. The molecule has 1 aromatic heterocycles. The number of nitrogens with zero attached hydrogens (tertiary/aromatic N) is 1. The van der Waals surface area contributed by atoms with Gasteiger partial charge in [0.15, 0.2) is 5.58 Å². The molecule has 1 heterocycles. The quantitative estimate of drug-likeness (QED) is 0.571. The second-order valence-electron chi connectivity index (χ2n) is 4.30. The Morgan fingerprint density at radius 2 is 1.95 bits per heavy atom. The summed E-state index contributed by atoms with van der Waals surface area (Å²) in [5.74, 6) is -0.395. The third kappa shape index (κ3) is 2.60. The fourth-order valence-corrected chi connectivity index (χ4v) is 2.94. The van der Waals surface area contributed by atoms with Crippen LogP contribution in [0, 0.1) is 3.57 Å². The number of fused-ring (bicyclic) bond motifs is 1. The summed E-state index contributed by atoms with van der Waals surface area (Å²) in [5, 5.41) is 1.10. The van der Waals surface area contributed by atoms with Crippen LogP contribution < -0.4 is 5.76 Å². The Morgan fingerprint density at radius 3 is 2.70 bits per heavy atom. The number of hydrogen-bond donors (Lipinski definition) is 0. The summed E-state index contributed by atoms with van der Waals surface area (Å²) >= 11 is 14.2. The maximum Gasteiger partial charge on any atom is 0.420 e. The van der Waals surface area contributed by atoms with Crippen LogP contribution in [-0.4, -0.2) is 4.57 Å². The second-order valence-corrected chi connectivity index (χ2v) is 6.39. The minimum atomic E-state index is -0.395. The lowest BCUT2D eigenvalue weighted by atomic mass is 10.2. The Morgan fingerprint density at radius 1 is 1.15 bits per heavy atom. The molecule has 0 bridgehead atoms. The van der Waals surface area contributed by atoms with Crippen LogP contribution in [0.2, 0.25) is 10.0 Å². The molecule has 0 aliphatic rings. The molecule has 0 aliphatic heterocycles. The van der Waals surface area contributed by atoms with Crippen molar-refractivity contribution < 1.29 is 4.42 Å². The maximum absolute atomic E-state index is 12.0. The zero-order valence-electron chi connectivity index (χ0n) is 10.1. The van der Waals surface area contributed by atoms with Crippen molar-refractivity contribution in [1.82, 2.24) is 4.57 Å². The van der Waals surface area contributed by atoms with E-state index >= 15 is 0 Å². The zero-order chi connectivity index (χ0) is 14.3. The van der Waals surface area contributed by atoms with Crippen molar-refractivity contribution in [3.8, 4) is 0 Å².